The van der Waals surface area contributed by atoms with Crippen LogP contribution in [-0.4, -0.2) is 4.98 Å². The van der Waals surface area contributed by atoms with Gasteiger partial charge in [-0.05, 0) is 41.6 Å². The van der Waals surface area contributed by atoms with Crippen molar-refractivity contribution in [1.29, 1.82) is 0 Å². The van der Waals surface area contributed by atoms with E-state index in [9.17, 15) is 0 Å². The number of nitrogens with zero attached hydrogens (tertiary/aromatic N) is 1. The van der Waals surface area contributed by atoms with E-state index in [-0.39, 0.29) is 6.04 Å². The standard InChI is InChI=1S/C17H17ClN2S/c1-11(2)16(15-6-4-10-21-15)20-14-8-7-13(18)17-12(14)5-3-9-19-17/h3-11,16,20H,1-2H3. The minimum atomic E-state index is 0.287. The second kappa shape index (κ2) is 6.04. The molecule has 4 heteroatoms. The second-order valence-electron chi connectivity index (χ2n) is 5.38. The zero-order valence-corrected chi connectivity index (χ0v) is 13.6. The third-order valence-electron chi connectivity index (χ3n) is 3.55. The van der Waals surface area contributed by atoms with Gasteiger partial charge in [-0.15, -0.1) is 11.3 Å². The number of rotatable bonds is 4. The monoisotopic (exact) mass is 316 g/mol. The van der Waals surface area contributed by atoms with Crippen molar-refractivity contribution in [1.82, 2.24) is 4.98 Å². The highest BCUT2D eigenvalue weighted by Gasteiger charge is 2.18. The quantitative estimate of drug-likeness (QED) is 0.662. The Morgan fingerprint density at radius 1 is 1.14 bits per heavy atom. The number of halogens is 1. The van der Waals surface area contributed by atoms with Crippen molar-refractivity contribution >= 4 is 39.5 Å². The molecule has 3 aromatic rings. The molecule has 21 heavy (non-hydrogen) atoms. The van der Waals surface area contributed by atoms with Crippen LogP contribution in [0.5, 0.6) is 0 Å². The van der Waals surface area contributed by atoms with Gasteiger partial charge < -0.3 is 5.32 Å². The van der Waals surface area contributed by atoms with Crippen molar-refractivity contribution in [2.24, 2.45) is 5.92 Å². The van der Waals surface area contributed by atoms with Crippen molar-refractivity contribution in [2.75, 3.05) is 5.32 Å². The van der Waals surface area contributed by atoms with Crippen molar-refractivity contribution in [3.63, 3.8) is 0 Å². The first-order chi connectivity index (χ1) is 10.2. The fourth-order valence-corrected chi connectivity index (χ4v) is 3.63. The zero-order valence-electron chi connectivity index (χ0n) is 12.0. The lowest BCUT2D eigenvalue weighted by Gasteiger charge is -2.23. The van der Waals surface area contributed by atoms with Crippen LogP contribution in [0, 0.1) is 5.92 Å². The fourth-order valence-electron chi connectivity index (χ4n) is 2.47. The Labute approximate surface area is 133 Å². The smallest absolute Gasteiger partial charge is 0.0908 e. The van der Waals surface area contributed by atoms with Gasteiger partial charge in [0.25, 0.3) is 0 Å². The van der Waals surface area contributed by atoms with Crippen LogP contribution in [-0.2, 0) is 0 Å². The molecular formula is C17H17ClN2S. The highest BCUT2D eigenvalue weighted by Crippen LogP contribution is 2.34. The molecule has 2 heterocycles. The van der Waals surface area contributed by atoms with Crippen molar-refractivity contribution in [2.45, 2.75) is 19.9 Å². The van der Waals surface area contributed by atoms with Gasteiger partial charge in [0.15, 0.2) is 0 Å². The van der Waals surface area contributed by atoms with Gasteiger partial charge in [-0.25, -0.2) is 0 Å². The van der Waals surface area contributed by atoms with E-state index in [1.807, 2.05) is 18.2 Å². The van der Waals surface area contributed by atoms with E-state index in [1.54, 1.807) is 17.5 Å². The topological polar surface area (TPSA) is 24.9 Å². The summed E-state index contributed by atoms with van der Waals surface area (Å²) >= 11 is 8.02. The molecule has 3 rings (SSSR count). The maximum atomic E-state index is 6.24. The van der Waals surface area contributed by atoms with Gasteiger partial charge >= 0.3 is 0 Å². The molecule has 0 bridgehead atoms. The van der Waals surface area contributed by atoms with E-state index in [0.717, 1.165) is 16.6 Å². The summed E-state index contributed by atoms with van der Waals surface area (Å²) in [5, 5.41) is 7.53. The summed E-state index contributed by atoms with van der Waals surface area (Å²) in [7, 11) is 0. The Morgan fingerprint density at radius 3 is 2.71 bits per heavy atom. The lowest BCUT2D eigenvalue weighted by molar-refractivity contribution is 0.554. The lowest BCUT2D eigenvalue weighted by Crippen LogP contribution is -2.15. The van der Waals surface area contributed by atoms with E-state index in [2.05, 4.69) is 47.7 Å². The summed E-state index contributed by atoms with van der Waals surface area (Å²) in [6.07, 6.45) is 1.77. The molecule has 0 spiro atoms. The predicted octanol–water partition coefficient (Wildman–Crippen LogP) is 5.76. The third-order valence-corrected chi connectivity index (χ3v) is 4.81. The molecule has 0 fully saturated rings. The van der Waals surface area contributed by atoms with Crippen molar-refractivity contribution in [3.05, 3.63) is 57.9 Å². The minimum Gasteiger partial charge on any atom is -0.377 e. The van der Waals surface area contributed by atoms with Crippen LogP contribution in [0.1, 0.15) is 24.8 Å². The summed E-state index contributed by atoms with van der Waals surface area (Å²) in [6.45, 7) is 4.46. The Balaban J connectivity index is 2.03. The maximum Gasteiger partial charge on any atom is 0.0908 e. The minimum absolute atomic E-state index is 0.287. The molecule has 0 saturated heterocycles. The van der Waals surface area contributed by atoms with E-state index >= 15 is 0 Å². The SMILES string of the molecule is CC(C)C(Nc1ccc(Cl)c2ncccc12)c1cccs1. The molecule has 0 saturated carbocycles. The number of anilines is 1. The molecule has 1 unspecified atom stereocenters. The number of pyridine rings is 1. The Kier molecular flexibility index (Phi) is 4.13. The number of hydrogen-bond donors (Lipinski definition) is 1. The first kappa shape index (κ1) is 14.4. The molecule has 2 aromatic heterocycles. The normalized spacial score (nSPS) is 12.8. The van der Waals surface area contributed by atoms with Gasteiger partial charge in [0, 0.05) is 22.1 Å². The van der Waals surface area contributed by atoms with Gasteiger partial charge in [0.2, 0.25) is 0 Å². The summed E-state index contributed by atoms with van der Waals surface area (Å²) in [5.74, 6) is 0.492. The Hall–Kier alpha value is -1.58. The molecule has 0 aliphatic heterocycles. The predicted molar refractivity (Wildman–Crippen MR) is 92.3 cm³/mol. The molecule has 0 radical (unpaired) electrons. The van der Waals surface area contributed by atoms with Crippen molar-refractivity contribution in [3.8, 4) is 0 Å². The summed E-state index contributed by atoms with van der Waals surface area (Å²) < 4.78 is 0. The van der Waals surface area contributed by atoms with E-state index in [1.165, 1.54) is 4.88 Å². The summed E-state index contributed by atoms with van der Waals surface area (Å²) in [6, 6.07) is 12.5. The molecule has 108 valence electrons. The van der Waals surface area contributed by atoms with Crippen LogP contribution in [0.15, 0.2) is 48.0 Å². The molecule has 1 atom stereocenters. The Morgan fingerprint density at radius 2 is 2.00 bits per heavy atom. The number of benzene rings is 1. The third kappa shape index (κ3) is 2.89. The first-order valence-electron chi connectivity index (χ1n) is 7.00. The highest BCUT2D eigenvalue weighted by atomic mass is 35.5. The molecule has 1 N–H and O–H groups in total. The van der Waals surface area contributed by atoms with Gasteiger partial charge in [0.05, 0.1) is 16.6 Å². The van der Waals surface area contributed by atoms with Gasteiger partial charge in [-0.1, -0.05) is 31.5 Å². The summed E-state index contributed by atoms with van der Waals surface area (Å²) in [4.78, 5) is 5.73. The Bertz CT molecular complexity index is 738. The largest absolute Gasteiger partial charge is 0.377 e. The van der Waals surface area contributed by atoms with Crippen LogP contribution >= 0.6 is 22.9 Å². The number of aromatic nitrogens is 1. The summed E-state index contributed by atoms with van der Waals surface area (Å²) in [5.41, 5.74) is 1.92. The van der Waals surface area contributed by atoms with Gasteiger partial charge in [0.1, 0.15) is 0 Å². The number of hydrogen-bond acceptors (Lipinski definition) is 3. The second-order valence-corrected chi connectivity index (χ2v) is 6.76. The first-order valence-corrected chi connectivity index (χ1v) is 8.25. The van der Waals surface area contributed by atoms with Gasteiger partial charge in [-0.2, -0.15) is 0 Å². The van der Waals surface area contributed by atoms with Crippen LogP contribution < -0.4 is 5.32 Å². The van der Waals surface area contributed by atoms with Crippen LogP contribution in [0.2, 0.25) is 5.02 Å². The van der Waals surface area contributed by atoms with Crippen LogP contribution in [0.25, 0.3) is 10.9 Å². The maximum absolute atomic E-state index is 6.24. The average Bonchev–Trinajstić information content (AvgIpc) is 3.00. The van der Waals surface area contributed by atoms with E-state index < -0.39 is 0 Å². The molecular weight excluding hydrogens is 300 g/mol. The zero-order chi connectivity index (χ0) is 14.8. The van der Waals surface area contributed by atoms with E-state index in [0.29, 0.717) is 10.9 Å². The van der Waals surface area contributed by atoms with E-state index in [4.69, 9.17) is 11.6 Å². The van der Waals surface area contributed by atoms with Crippen molar-refractivity contribution < 1.29 is 0 Å². The van der Waals surface area contributed by atoms with Crippen LogP contribution in [0.4, 0.5) is 5.69 Å². The fraction of sp³-hybridized carbons (Fsp3) is 0.235. The molecule has 2 nitrogen and oxygen atoms in total. The number of fused-ring (bicyclic) bond motifs is 1. The van der Waals surface area contributed by atoms with Crippen LogP contribution in [0.3, 0.4) is 0 Å². The average molecular weight is 317 g/mol. The molecule has 1 aromatic carbocycles. The molecule has 0 amide bonds. The highest BCUT2D eigenvalue weighted by molar-refractivity contribution is 7.10. The number of nitrogens with one attached hydrogen (secondary N) is 1. The lowest BCUT2D eigenvalue weighted by atomic mass is 10.0. The molecule has 0 aliphatic carbocycles. The van der Waals surface area contributed by atoms with Gasteiger partial charge in [-0.3, -0.25) is 4.98 Å². The molecule has 0 aliphatic rings. The number of thiophene rings is 1.